The van der Waals surface area contributed by atoms with Crippen LogP contribution in [0.15, 0.2) is 53.4 Å². The van der Waals surface area contributed by atoms with E-state index in [0.717, 1.165) is 30.9 Å². The number of hydrogen-bond donors (Lipinski definition) is 2. The molecule has 146 valence electrons. The summed E-state index contributed by atoms with van der Waals surface area (Å²) in [6, 6.07) is 14.0. The van der Waals surface area contributed by atoms with Gasteiger partial charge in [-0.25, -0.2) is 13.1 Å². The Hall–Kier alpha value is -2.09. The number of likely N-dealkylation sites (tertiary alicyclic amines) is 1. The third-order valence-electron chi connectivity index (χ3n) is 4.71. The molecule has 1 fully saturated rings. The van der Waals surface area contributed by atoms with Crippen molar-refractivity contribution in [3.63, 3.8) is 0 Å². The van der Waals surface area contributed by atoms with Crippen LogP contribution < -0.4 is 15.2 Å². The minimum atomic E-state index is -3.54. The van der Waals surface area contributed by atoms with Crippen molar-refractivity contribution < 1.29 is 13.2 Å². The summed E-state index contributed by atoms with van der Waals surface area (Å²) >= 11 is 0. The molecular formula is C20H27N3O3S. The van der Waals surface area contributed by atoms with Crippen LogP contribution in [0.25, 0.3) is 0 Å². The fourth-order valence-corrected chi connectivity index (χ4v) is 4.22. The third-order valence-corrected chi connectivity index (χ3v) is 6.19. The molecule has 0 spiro atoms. The van der Waals surface area contributed by atoms with Crippen molar-refractivity contribution in [1.82, 2.24) is 9.62 Å². The van der Waals surface area contributed by atoms with Gasteiger partial charge in [0.2, 0.25) is 10.0 Å². The number of benzene rings is 2. The molecule has 27 heavy (non-hydrogen) atoms. The Morgan fingerprint density at radius 2 is 1.74 bits per heavy atom. The van der Waals surface area contributed by atoms with Crippen molar-refractivity contribution in [2.45, 2.75) is 24.2 Å². The highest BCUT2D eigenvalue weighted by molar-refractivity contribution is 7.89. The van der Waals surface area contributed by atoms with E-state index < -0.39 is 10.0 Å². The molecule has 0 aliphatic carbocycles. The average molecular weight is 390 g/mol. The molecule has 6 nitrogen and oxygen atoms in total. The lowest BCUT2D eigenvalue weighted by atomic mass is 10.1. The van der Waals surface area contributed by atoms with E-state index in [2.05, 4.69) is 9.62 Å². The van der Waals surface area contributed by atoms with E-state index in [9.17, 15) is 8.42 Å². The Balaban J connectivity index is 1.52. The van der Waals surface area contributed by atoms with Gasteiger partial charge in [-0.1, -0.05) is 18.2 Å². The number of nitrogens with zero attached hydrogens (tertiary/aromatic N) is 1. The Bertz CT molecular complexity index is 832. The maximum Gasteiger partial charge on any atom is 0.240 e. The van der Waals surface area contributed by atoms with Crippen LogP contribution in [0.2, 0.25) is 0 Å². The van der Waals surface area contributed by atoms with Gasteiger partial charge < -0.3 is 10.5 Å². The number of hydrogen-bond acceptors (Lipinski definition) is 5. The topological polar surface area (TPSA) is 84.7 Å². The van der Waals surface area contributed by atoms with E-state index in [1.807, 2.05) is 24.3 Å². The Kier molecular flexibility index (Phi) is 6.71. The van der Waals surface area contributed by atoms with E-state index in [1.165, 1.54) is 25.0 Å². The van der Waals surface area contributed by atoms with Crippen molar-refractivity contribution in [2.24, 2.45) is 0 Å². The van der Waals surface area contributed by atoms with Crippen LogP contribution in [0.3, 0.4) is 0 Å². The summed E-state index contributed by atoms with van der Waals surface area (Å²) in [5, 5.41) is 0. The number of anilines is 1. The van der Waals surface area contributed by atoms with Gasteiger partial charge in [0.05, 0.1) is 4.90 Å². The first-order valence-electron chi connectivity index (χ1n) is 9.33. The number of nitrogen functional groups attached to an aromatic ring is 1. The quantitative estimate of drug-likeness (QED) is 0.643. The second-order valence-corrected chi connectivity index (χ2v) is 8.49. The molecule has 1 saturated heterocycles. The molecule has 3 N–H and O–H groups in total. The van der Waals surface area contributed by atoms with Crippen LogP contribution in [-0.2, 0) is 16.4 Å². The van der Waals surface area contributed by atoms with Crippen molar-refractivity contribution >= 4 is 15.7 Å². The third kappa shape index (κ3) is 5.69. The van der Waals surface area contributed by atoms with Crippen LogP contribution in [0.5, 0.6) is 5.75 Å². The van der Waals surface area contributed by atoms with Crippen LogP contribution in [0.1, 0.15) is 18.4 Å². The predicted molar refractivity (Wildman–Crippen MR) is 107 cm³/mol. The predicted octanol–water partition coefficient (Wildman–Crippen LogP) is 2.26. The van der Waals surface area contributed by atoms with Crippen LogP contribution in [0.4, 0.5) is 5.69 Å². The maximum atomic E-state index is 12.3. The van der Waals surface area contributed by atoms with E-state index in [1.54, 1.807) is 12.1 Å². The molecule has 1 aliphatic heterocycles. The van der Waals surface area contributed by atoms with Crippen LogP contribution in [0, 0.1) is 0 Å². The molecule has 0 saturated carbocycles. The van der Waals surface area contributed by atoms with Gasteiger partial charge >= 0.3 is 0 Å². The molecule has 0 aromatic heterocycles. The molecule has 0 amide bonds. The van der Waals surface area contributed by atoms with E-state index in [4.69, 9.17) is 10.5 Å². The SMILES string of the molecule is Nc1ccc(S(=O)(=O)NCCc2ccccc2OCCN2CCCC2)cc1. The van der Waals surface area contributed by atoms with Gasteiger partial charge in [0, 0.05) is 18.8 Å². The van der Waals surface area contributed by atoms with Gasteiger partial charge in [0.25, 0.3) is 0 Å². The molecular weight excluding hydrogens is 362 g/mol. The van der Waals surface area contributed by atoms with Crippen molar-refractivity contribution in [3.05, 3.63) is 54.1 Å². The summed E-state index contributed by atoms with van der Waals surface area (Å²) in [6.45, 7) is 4.18. The summed E-state index contributed by atoms with van der Waals surface area (Å²) in [5.41, 5.74) is 7.15. The van der Waals surface area contributed by atoms with E-state index in [-0.39, 0.29) is 4.90 Å². The normalized spacial score (nSPS) is 15.1. The lowest BCUT2D eigenvalue weighted by Gasteiger charge is -2.16. The molecule has 7 heteroatoms. The fraction of sp³-hybridized carbons (Fsp3) is 0.400. The van der Waals surface area contributed by atoms with Gasteiger partial charge in [-0.05, 0) is 68.2 Å². The van der Waals surface area contributed by atoms with E-state index in [0.29, 0.717) is 25.3 Å². The highest BCUT2D eigenvalue weighted by Crippen LogP contribution is 2.19. The largest absolute Gasteiger partial charge is 0.492 e. The summed E-state index contributed by atoms with van der Waals surface area (Å²) < 4.78 is 33.3. The highest BCUT2D eigenvalue weighted by Gasteiger charge is 2.14. The fourth-order valence-electron chi connectivity index (χ4n) is 3.19. The first-order chi connectivity index (χ1) is 13.0. The minimum absolute atomic E-state index is 0.215. The lowest BCUT2D eigenvalue weighted by Crippen LogP contribution is -2.26. The first kappa shape index (κ1) is 19.7. The van der Waals surface area contributed by atoms with Gasteiger partial charge in [-0.2, -0.15) is 0 Å². The van der Waals surface area contributed by atoms with Crippen molar-refractivity contribution in [2.75, 3.05) is 38.5 Å². The van der Waals surface area contributed by atoms with Crippen molar-refractivity contribution in [1.29, 1.82) is 0 Å². The average Bonchev–Trinajstić information content (AvgIpc) is 3.17. The minimum Gasteiger partial charge on any atom is -0.492 e. The van der Waals surface area contributed by atoms with Gasteiger partial charge in [0.1, 0.15) is 12.4 Å². The highest BCUT2D eigenvalue weighted by atomic mass is 32.2. The molecule has 1 heterocycles. The molecule has 1 aliphatic rings. The Morgan fingerprint density at radius 3 is 2.48 bits per heavy atom. The summed E-state index contributed by atoms with van der Waals surface area (Å²) in [7, 11) is -3.54. The van der Waals surface area contributed by atoms with Gasteiger partial charge in [-0.15, -0.1) is 0 Å². The summed E-state index contributed by atoms with van der Waals surface area (Å²) in [6.07, 6.45) is 3.10. The second-order valence-electron chi connectivity index (χ2n) is 6.72. The molecule has 3 rings (SSSR count). The van der Waals surface area contributed by atoms with Gasteiger partial charge in [0.15, 0.2) is 0 Å². The maximum absolute atomic E-state index is 12.3. The smallest absolute Gasteiger partial charge is 0.240 e. The molecule has 0 bridgehead atoms. The summed E-state index contributed by atoms with van der Waals surface area (Å²) in [4.78, 5) is 2.62. The van der Waals surface area contributed by atoms with Crippen LogP contribution >= 0.6 is 0 Å². The molecule has 0 atom stereocenters. The number of ether oxygens (including phenoxy) is 1. The monoisotopic (exact) mass is 389 g/mol. The second kappa shape index (κ2) is 9.21. The first-order valence-corrected chi connectivity index (χ1v) is 10.8. The molecule has 2 aromatic carbocycles. The number of rotatable bonds is 9. The number of nitrogens with two attached hydrogens (primary N) is 1. The Labute approximate surface area is 161 Å². The zero-order valence-electron chi connectivity index (χ0n) is 15.4. The van der Waals surface area contributed by atoms with E-state index >= 15 is 0 Å². The zero-order chi connectivity index (χ0) is 19.1. The molecule has 0 unspecified atom stereocenters. The number of nitrogens with one attached hydrogen (secondary N) is 1. The molecule has 2 aromatic rings. The summed E-state index contributed by atoms with van der Waals surface area (Å²) in [5.74, 6) is 0.823. The number of sulfonamides is 1. The van der Waals surface area contributed by atoms with Gasteiger partial charge in [-0.3, -0.25) is 4.90 Å². The Morgan fingerprint density at radius 1 is 1.04 bits per heavy atom. The number of para-hydroxylation sites is 1. The lowest BCUT2D eigenvalue weighted by molar-refractivity contribution is 0.236. The van der Waals surface area contributed by atoms with Crippen LogP contribution in [-0.4, -0.2) is 46.1 Å². The zero-order valence-corrected chi connectivity index (χ0v) is 16.2. The van der Waals surface area contributed by atoms with Crippen molar-refractivity contribution in [3.8, 4) is 5.75 Å². The standard InChI is InChI=1S/C20H27N3O3S/c21-18-7-9-19(10-8-18)27(24,25)22-12-11-17-5-1-2-6-20(17)26-16-15-23-13-3-4-14-23/h1-2,5-10,22H,3-4,11-16,21H2. The molecule has 0 radical (unpaired) electrons.